The monoisotopic (exact) mass is 437 g/mol. The molecule has 0 bridgehead atoms. The molecule has 2 N–H and O–H groups in total. The van der Waals surface area contributed by atoms with Gasteiger partial charge in [-0.2, -0.15) is 0 Å². The predicted octanol–water partition coefficient (Wildman–Crippen LogP) is 3.95. The summed E-state index contributed by atoms with van der Waals surface area (Å²) in [5, 5.41) is 0.927. The Morgan fingerprint density at radius 1 is 0.871 bits per heavy atom. The largest absolute Gasteiger partial charge is 0.369 e. The van der Waals surface area contributed by atoms with Crippen LogP contribution in [-0.4, -0.2) is 26.1 Å². The van der Waals surface area contributed by atoms with E-state index >= 15 is 0 Å². The van der Waals surface area contributed by atoms with E-state index in [1.54, 1.807) is 6.20 Å². The molecule has 0 saturated carbocycles. The summed E-state index contributed by atoms with van der Waals surface area (Å²) in [5.41, 5.74) is 10.9. The molecule has 4 aromatic rings. The third-order valence-corrected chi connectivity index (χ3v) is 5.33. The third kappa shape index (κ3) is 4.70. The van der Waals surface area contributed by atoms with Gasteiger partial charge in [0.05, 0.1) is 12.0 Å². The molecule has 6 nitrogen and oxygen atoms in total. The number of ketones is 1. The molecule has 160 valence electrons. The quantitative estimate of drug-likeness (QED) is 0.298. The summed E-state index contributed by atoms with van der Waals surface area (Å²) in [7, 11) is 3.80. The van der Waals surface area contributed by atoms with Gasteiger partial charge in [-0.1, -0.05) is 23.8 Å². The van der Waals surface area contributed by atoms with E-state index in [1.165, 1.54) is 5.56 Å². The summed E-state index contributed by atoms with van der Waals surface area (Å²) >= 11 is 5.21. The van der Waals surface area contributed by atoms with Crippen LogP contribution < -0.4 is 5.73 Å². The van der Waals surface area contributed by atoms with Crippen molar-refractivity contribution in [3.05, 3.63) is 71.0 Å². The number of aryl methyl sites for hydroxylation is 4. The molecule has 4 rings (SSSR count). The van der Waals surface area contributed by atoms with Gasteiger partial charge >= 0.3 is 0 Å². The Morgan fingerprint density at radius 2 is 1.48 bits per heavy atom. The van der Waals surface area contributed by atoms with Gasteiger partial charge in [0.2, 0.25) is 11.7 Å². The standard InChI is InChI=1S/C12H10ClNO2.C12H14N2O/c1-7-3-4-8-9(11(15)12(13)16)6-14(2)10(8)5-7;1-8-3-4-11-10(5-8)9(6-12(13)15)7-14(11)2/h3-6H,1-2H3;3-5,7H,6H2,1-2H3,(H2,13,15). The van der Waals surface area contributed by atoms with Crippen LogP contribution in [0.3, 0.4) is 0 Å². The highest BCUT2D eigenvalue weighted by Crippen LogP contribution is 2.23. The fourth-order valence-corrected chi connectivity index (χ4v) is 3.80. The lowest BCUT2D eigenvalue weighted by atomic mass is 10.1. The van der Waals surface area contributed by atoms with Gasteiger partial charge in [-0.3, -0.25) is 14.4 Å². The first-order valence-electron chi connectivity index (χ1n) is 9.71. The second-order valence-corrected chi connectivity index (χ2v) is 8.05. The smallest absolute Gasteiger partial charge is 0.293 e. The number of aromatic nitrogens is 2. The lowest BCUT2D eigenvalue weighted by Crippen LogP contribution is -2.13. The van der Waals surface area contributed by atoms with Gasteiger partial charge in [-0.25, -0.2) is 0 Å². The van der Waals surface area contributed by atoms with Gasteiger partial charge in [0.1, 0.15) is 0 Å². The van der Waals surface area contributed by atoms with Gasteiger partial charge in [-0.15, -0.1) is 0 Å². The molecule has 2 heterocycles. The number of hydrogen-bond donors (Lipinski definition) is 1. The van der Waals surface area contributed by atoms with Crippen molar-refractivity contribution in [2.75, 3.05) is 0 Å². The molecule has 31 heavy (non-hydrogen) atoms. The lowest BCUT2D eigenvalue weighted by molar-refractivity contribution is -0.117. The molecule has 0 atom stereocenters. The number of benzene rings is 2. The van der Waals surface area contributed by atoms with Gasteiger partial charge < -0.3 is 14.9 Å². The van der Waals surface area contributed by atoms with Crippen LogP contribution in [0.5, 0.6) is 0 Å². The fourth-order valence-electron chi connectivity index (χ4n) is 3.70. The van der Waals surface area contributed by atoms with E-state index in [-0.39, 0.29) is 5.91 Å². The first-order chi connectivity index (χ1) is 14.6. The number of Topliss-reactive ketones (excluding diaryl/α,β-unsaturated/α-hetero) is 1. The maximum absolute atomic E-state index is 11.6. The molecule has 0 spiro atoms. The zero-order valence-corrected chi connectivity index (χ0v) is 18.7. The minimum atomic E-state index is -0.951. The van der Waals surface area contributed by atoms with Crippen molar-refractivity contribution in [1.29, 1.82) is 0 Å². The number of carbonyl (C=O) groups excluding carboxylic acids is 3. The van der Waals surface area contributed by atoms with Gasteiger partial charge in [-0.05, 0) is 54.8 Å². The summed E-state index contributed by atoms with van der Waals surface area (Å²) in [5.74, 6) is -0.944. The number of rotatable bonds is 4. The Kier molecular flexibility index (Phi) is 6.32. The number of carbonyl (C=O) groups is 3. The van der Waals surface area contributed by atoms with E-state index in [4.69, 9.17) is 17.3 Å². The number of amides is 1. The lowest BCUT2D eigenvalue weighted by Gasteiger charge is -1.97. The predicted molar refractivity (Wildman–Crippen MR) is 123 cm³/mol. The topological polar surface area (TPSA) is 87.1 Å². The minimum absolute atomic E-state index is 0.288. The zero-order chi connectivity index (χ0) is 22.9. The molecule has 2 aromatic carbocycles. The molecule has 0 unspecified atom stereocenters. The van der Waals surface area contributed by atoms with Crippen molar-refractivity contribution in [1.82, 2.24) is 9.13 Å². The molecule has 0 aliphatic rings. The minimum Gasteiger partial charge on any atom is -0.369 e. The Morgan fingerprint density at radius 3 is 2.13 bits per heavy atom. The Hall–Kier alpha value is -3.38. The average Bonchev–Trinajstić information content (AvgIpc) is 3.17. The molecule has 7 heteroatoms. The van der Waals surface area contributed by atoms with E-state index in [1.807, 2.05) is 61.5 Å². The first-order valence-corrected chi connectivity index (χ1v) is 10.1. The molecule has 0 aliphatic carbocycles. The highest BCUT2D eigenvalue weighted by atomic mass is 35.5. The molecular formula is C24H24ClN3O3. The highest BCUT2D eigenvalue weighted by Gasteiger charge is 2.18. The van der Waals surface area contributed by atoms with E-state index in [2.05, 4.69) is 18.2 Å². The van der Waals surface area contributed by atoms with Crippen LogP contribution >= 0.6 is 11.6 Å². The van der Waals surface area contributed by atoms with Gasteiger partial charge in [0.15, 0.2) is 0 Å². The highest BCUT2D eigenvalue weighted by molar-refractivity contribution is 6.83. The molecule has 0 radical (unpaired) electrons. The maximum atomic E-state index is 11.6. The van der Waals surface area contributed by atoms with Crippen molar-refractivity contribution >= 4 is 50.3 Å². The summed E-state index contributed by atoms with van der Waals surface area (Å²) in [6.45, 7) is 4.02. The molecule has 2 aromatic heterocycles. The summed E-state index contributed by atoms with van der Waals surface area (Å²) in [6.07, 6.45) is 3.91. The van der Waals surface area contributed by atoms with Crippen LogP contribution in [0.15, 0.2) is 48.8 Å². The van der Waals surface area contributed by atoms with Crippen LogP contribution in [0, 0.1) is 13.8 Å². The molecule has 0 aliphatic heterocycles. The molecule has 0 fully saturated rings. The van der Waals surface area contributed by atoms with Crippen molar-refractivity contribution < 1.29 is 14.4 Å². The number of hydrogen-bond acceptors (Lipinski definition) is 3. The van der Waals surface area contributed by atoms with E-state index in [0.29, 0.717) is 12.0 Å². The third-order valence-electron chi connectivity index (χ3n) is 5.16. The van der Waals surface area contributed by atoms with Crippen LogP contribution in [0.25, 0.3) is 21.8 Å². The normalized spacial score (nSPS) is 10.7. The van der Waals surface area contributed by atoms with Crippen molar-refractivity contribution in [3.63, 3.8) is 0 Å². The van der Waals surface area contributed by atoms with Crippen LogP contribution in [0.2, 0.25) is 0 Å². The summed E-state index contributed by atoms with van der Waals surface area (Å²) in [4.78, 5) is 33.4. The first kappa shape index (κ1) is 22.3. The number of primary amides is 1. The van der Waals surface area contributed by atoms with Crippen molar-refractivity contribution in [2.45, 2.75) is 20.3 Å². The summed E-state index contributed by atoms with van der Waals surface area (Å²) in [6, 6.07) is 11.9. The molecule has 1 amide bonds. The van der Waals surface area contributed by atoms with Crippen LogP contribution in [-0.2, 0) is 30.1 Å². The van der Waals surface area contributed by atoms with Crippen molar-refractivity contribution in [2.24, 2.45) is 19.8 Å². The van der Waals surface area contributed by atoms with Crippen LogP contribution in [0.1, 0.15) is 27.0 Å². The number of nitrogens with two attached hydrogens (primary N) is 1. The van der Waals surface area contributed by atoms with Crippen molar-refractivity contribution in [3.8, 4) is 0 Å². The second-order valence-electron chi connectivity index (χ2n) is 7.71. The maximum Gasteiger partial charge on any atom is 0.293 e. The van der Waals surface area contributed by atoms with E-state index in [9.17, 15) is 14.4 Å². The Bertz CT molecular complexity index is 1330. The van der Waals surface area contributed by atoms with E-state index in [0.717, 1.165) is 32.9 Å². The number of nitrogens with zero attached hydrogens (tertiary/aromatic N) is 2. The Labute approximate surface area is 185 Å². The number of fused-ring (bicyclic) bond motifs is 2. The molecule has 0 saturated heterocycles. The van der Waals surface area contributed by atoms with Gasteiger partial charge in [0.25, 0.3) is 5.24 Å². The van der Waals surface area contributed by atoms with Gasteiger partial charge in [0, 0.05) is 48.3 Å². The van der Waals surface area contributed by atoms with Crippen LogP contribution in [0.4, 0.5) is 0 Å². The average molecular weight is 438 g/mol. The summed E-state index contributed by atoms with van der Waals surface area (Å²) < 4.78 is 3.84. The zero-order valence-electron chi connectivity index (χ0n) is 17.9. The SMILES string of the molecule is Cc1ccc2c(C(=O)C(=O)Cl)cn(C)c2c1.Cc1ccc2c(c1)c(CC(N)=O)cn2C. The molecular weight excluding hydrogens is 414 g/mol. The van der Waals surface area contributed by atoms with E-state index < -0.39 is 11.0 Å². The number of halogens is 1. The Balaban J connectivity index is 0.000000176. The fraction of sp³-hybridized carbons (Fsp3) is 0.208. The second kappa shape index (κ2) is 8.78.